The fourth-order valence-corrected chi connectivity index (χ4v) is 4.34. The molecule has 5 heteroatoms. The highest BCUT2D eigenvalue weighted by Gasteiger charge is 2.24. The maximum atomic E-state index is 5.59. The number of aromatic nitrogens is 2. The Morgan fingerprint density at radius 3 is 2.76 bits per heavy atom. The van der Waals surface area contributed by atoms with Gasteiger partial charge in [0.05, 0.1) is 12.8 Å². The molecule has 1 aromatic heterocycles. The second kappa shape index (κ2) is 5.76. The van der Waals surface area contributed by atoms with Crippen molar-refractivity contribution < 1.29 is 4.74 Å². The smallest absolute Gasteiger partial charge is 0.178 e. The summed E-state index contributed by atoms with van der Waals surface area (Å²) in [5.74, 6) is 1.60. The Morgan fingerprint density at radius 1 is 1.33 bits per heavy atom. The molecule has 0 unspecified atom stereocenters. The molecule has 1 aliphatic heterocycles. The molecular weight excluding hydrogens is 396 g/mol. The maximum Gasteiger partial charge on any atom is 0.178 e. The third-order valence-electron chi connectivity index (χ3n) is 3.87. The predicted molar refractivity (Wildman–Crippen MR) is 91.9 cm³/mol. The van der Waals surface area contributed by atoms with Crippen LogP contribution in [0.25, 0.3) is 11.3 Å². The summed E-state index contributed by atoms with van der Waals surface area (Å²) in [5.41, 5.74) is 5.03. The van der Waals surface area contributed by atoms with Gasteiger partial charge in [-0.05, 0) is 73.9 Å². The summed E-state index contributed by atoms with van der Waals surface area (Å²) >= 11 is 7.13. The zero-order valence-corrected chi connectivity index (χ0v) is 15.6. The molecule has 3 rings (SSSR count). The van der Waals surface area contributed by atoms with Crippen LogP contribution in [-0.4, -0.2) is 16.7 Å². The van der Waals surface area contributed by atoms with E-state index in [2.05, 4.69) is 67.4 Å². The van der Waals surface area contributed by atoms with Gasteiger partial charge in [0.15, 0.2) is 4.73 Å². The van der Waals surface area contributed by atoms with Crippen molar-refractivity contribution in [2.75, 3.05) is 7.11 Å². The summed E-state index contributed by atoms with van der Waals surface area (Å²) in [4.78, 5) is 4.49. The van der Waals surface area contributed by atoms with Gasteiger partial charge >= 0.3 is 0 Å². The van der Waals surface area contributed by atoms with Gasteiger partial charge in [0.1, 0.15) is 10.4 Å². The molecule has 2 heterocycles. The number of hydrogen-bond donors (Lipinski definition) is 0. The average molecular weight is 414 g/mol. The van der Waals surface area contributed by atoms with E-state index in [1.165, 1.54) is 16.7 Å². The minimum Gasteiger partial charge on any atom is -0.496 e. The molecule has 0 bridgehead atoms. The van der Waals surface area contributed by atoms with Gasteiger partial charge in [-0.3, -0.25) is 0 Å². The second-order valence-corrected chi connectivity index (χ2v) is 7.30. The number of ether oxygens (including phenoxy) is 1. The SMILES string of the molecule is COc1cc2c(cc1CC(C)C)-c1c(Br)nc(Br)n1CC2. The van der Waals surface area contributed by atoms with Crippen LogP contribution in [0.5, 0.6) is 5.75 Å². The van der Waals surface area contributed by atoms with Gasteiger partial charge < -0.3 is 9.30 Å². The van der Waals surface area contributed by atoms with E-state index in [0.717, 1.165) is 40.2 Å². The minimum absolute atomic E-state index is 0.598. The average Bonchev–Trinajstić information content (AvgIpc) is 2.72. The number of hydrogen-bond acceptors (Lipinski definition) is 2. The zero-order valence-electron chi connectivity index (χ0n) is 12.4. The van der Waals surface area contributed by atoms with Gasteiger partial charge in [0.25, 0.3) is 0 Å². The molecule has 2 aromatic rings. The van der Waals surface area contributed by atoms with Crippen molar-refractivity contribution in [3.05, 3.63) is 32.6 Å². The van der Waals surface area contributed by atoms with Crippen molar-refractivity contribution >= 4 is 31.9 Å². The summed E-state index contributed by atoms with van der Waals surface area (Å²) in [6.45, 7) is 5.40. The summed E-state index contributed by atoms with van der Waals surface area (Å²) in [6, 6.07) is 4.47. The van der Waals surface area contributed by atoms with Crippen LogP contribution in [0.15, 0.2) is 21.5 Å². The van der Waals surface area contributed by atoms with Gasteiger partial charge in [-0.2, -0.15) is 0 Å². The Hall–Kier alpha value is -0.810. The van der Waals surface area contributed by atoms with Crippen molar-refractivity contribution in [1.29, 1.82) is 0 Å². The first-order valence-electron chi connectivity index (χ1n) is 7.13. The molecule has 0 atom stereocenters. The standard InChI is InChI=1S/C16H18Br2N2O/c1-9(2)6-11-7-12-10(8-13(11)21-3)4-5-20-14(12)15(17)19-16(20)18/h7-9H,4-6H2,1-3H3. The van der Waals surface area contributed by atoms with Gasteiger partial charge in [0, 0.05) is 12.1 Å². The van der Waals surface area contributed by atoms with E-state index in [4.69, 9.17) is 4.74 Å². The van der Waals surface area contributed by atoms with Crippen molar-refractivity contribution in [3.8, 4) is 17.0 Å². The number of nitrogens with zero attached hydrogens (tertiary/aromatic N) is 2. The highest BCUT2D eigenvalue weighted by atomic mass is 79.9. The Balaban J connectivity index is 2.18. The van der Waals surface area contributed by atoms with Crippen LogP contribution in [-0.2, 0) is 19.4 Å². The predicted octanol–water partition coefficient (Wildman–Crippen LogP) is 4.84. The van der Waals surface area contributed by atoms with Gasteiger partial charge in [-0.25, -0.2) is 4.98 Å². The van der Waals surface area contributed by atoms with E-state index in [9.17, 15) is 0 Å². The van der Waals surface area contributed by atoms with E-state index in [1.807, 2.05) is 0 Å². The van der Waals surface area contributed by atoms with Crippen molar-refractivity contribution in [1.82, 2.24) is 9.55 Å². The van der Waals surface area contributed by atoms with Crippen LogP contribution in [0.1, 0.15) is 25.0 Å². The lowest BCUT2D eigenvalue weighted by Gasteiger charge is -2.22. The van der Waals surface area contributed by atoms with Crippen LogP contribution < -0.4 is 4.74 Å². The number of halogens is 2. The number of rotatable bonds is 3. The highest BCUT2D eigenvalue weighted by Crippen LogP contribution is 2.40. The van der Waals surface area contributed by atoms with E-state index < -0.39 is 0 Å². The highest BCUT2D eigenvalue weighted by molar-refractivity contribution is 9.11. The third kappa shape index (κ3) is 2.66. The van der Waals surface area contributed by atoms with E-state index >= 15 is 0 Å². The fourth-order valence-electron chi connectivity index (χ4n) is 2.97. The third-order valence-corrected chi connectivity index (χ3v) is 5.03. The number of methoxy groups -OCH3 is 1. The van der Waals surface area contributed by atoms with Crippen molar-refractivity contribution in [2.45, 2.75) is 33.2 Å². The van der Waals surface area contributed by atoms with E-state index in [1.54, 1.807) is 7.11 Å². The lowest BCUT2D eigenvalue weighted by molar-refractivity contribution is 0.406. The van der Waals surface area contributed by atoms with E-state index in [-0.39, 0.29) is 0 Å². The van der Waals surface area contributed by atoms with Gasteiger partial charge in [-0.1, -0.05) is 13.8 Å². The molecule has 0 spiro atoms. The van der Waals surface area contributed by atoms with Gasteiger partial charge in [-0.15, -0.1) is 0 Å². The first kappa shape index (κ1) is 15.1. The lowest BCUT2D eigenvalue weighted by Crippen LogP contribution is -2.12. The number of imidazole rings is 1. The topological polar surface area (TPSA) is 27.1 Å². The molecular formula is C16H18Br2N2O. The molecule has 21 heavy (non-hydrogen) atoms. The number of benzene rings is 1. The van der Waals surface area contributed by atoms with E-state index in [0.29, 0.717) is 5.92 Å². The minimum atomic E-state index is 0.598. The molecule has 0 fully saturated rings. The van der Waals surface area contributed by atoms with Crippen LogP contribution in [0, 0.1) is 5.92 Å². The molecule has 0 saturated carbocycles. The summed E-state index contributed by atoms with van der Waals surface area (Å²) in [6.07, 6.45) is 2.02. The quantitative estimate of drug-likeness (QED) is 0.719. The van der Waals surface area contributed by atoms with Crippen molar-refractivity contribution in [3.63, 3.8) is 0 Å². The molecule has 1 aliphatic rings. The zero-order chi connectivity index (χ0) is 15.1. The molecule has 112 valence electrons. The molecule has 0 radical (unpaired) electrons. The Labute approximate surface area is 142 Å². The Bertz CT molecular complexity index is 692. The fraction of sp³-hybridized carbons (Fsp3) is 0.438. The largest absolute Gasteiger partial charge is 0.496 e. The second-order valence-electron chi connectivity index (χ2n) is 5.84. The normalized spacial score (nSPS) is 13.2. The van der Waals surface area contributed by atoms with Gasteiger partial charge in [0.2, 0.25) is 0 Å². The summed E-state index contributed by atoms with van der Waals surface area (Å²) in [5, 5.41) is 0. The molecule has 0 amide bonds. The Morgan fingerprint density at radius 2 is 2.10 bits per heavy atom. The van der Waals surface area contributed by atoms with Crippen LogP contribution in [0.3, 0.4) is 0 Å². The molecule has 0 aliphatic carbocycles. The molecule has 0 saturated heterocycles. The van der Waals surface area contributed by atoms with Crippen LogP contribution >= 0.6 is 31.9 Å². The van der Waals surface area contributed by atoms with Crippen molar-refractivity contribution in [2.24, 2.45) is 5.92 Å². The first-order valence-corrected chi connectivity index (χ1v) is 8.71. The molecule has 0 N–H and O–H groups in total. The number of aryl methyl sites for hydroxylation is 1. The maximum absolute atomic E-state index is 5.59. The first-order chi connectivity index (χ1) is 10.0. The Kier molecular flexibility index (Phi) is 4.14. The van der Waals surface area contributed by atoms with Crippen LogP contribution in [0.4, 0.5) is 0 Å². The molecule has 3 nitrogen and oxygen atoms in total. The number of fused-ring (bicyclic) bond motifs is 3. The summed E-state index contributed by atoms with van der Waals surface area (Å²) < 4.78 is 9.60. The summed E-state index contributed by atoms with van der Waals surface area (Å²) in [7, 11) is 1.76. The monoisotopic (exact) mass is 412 g/mol. The van der Waals surface area contributed by atoms with Crippen LogP contribution in [0.2, 0.25) is 0 Å². The lowest BCUT2D eigenvalue weighted by atomic mass is 9.92. The molecule has 1 aromatic carbocycles.